The van der Waals surface area contributed by atoms with E-state index in [1.807, 2.05) is 30.5 Å². The summed E-state index contributed by atoms with van der Waals surface area (Å²) in [6, 6.07) is 13.3. The van der Waals surface area contributed by atoms with Crippen molar-refractivity contribution < 1.29 is 4.39 Å². The minimum atomic E-state index is -0.183. The third-order valence-corrected chi connectivity index (χ3v) is 3.43. The zero-order valence-corrected chi connectivity index (χ0v) is 11.2. The van der Waals surface area contributed by atoms with E-state index in [0.717, 1.165) is 11.1 Å². The summed E-state index contributed by atoms with van der Waals surface area (Å²) >= 11 is 0. The SMILES string of the molecule is Cc1ccc(NCc2cccc3cnccc23)cc1F. The maximum Gasteiger partial charge on any atom is 0.128 e. The first-order chi connectivity index (χ1) is 9.74. The fourth-order valence-corrected chi connectivity index (χ4v) is 2.24. The molecule has 2 aromatic carbocycles. The number of pyridine rings is 1. The minimum absolute atomic E-state index is 0.183. The van der Waals surface area contributed by atoms with Gasteiger partial charge in [-0.05, 0) is 41.6 Å². The first-order valence-corrected chi connectivity index (χ1v) is 6.56. The van der Waals surface area contributed by atoms with Crippen molar-refractivity contribution in [2.75, 3.05) is 5.32 Å². The molecule has 2 nitrogen and oxygen atoms in total. The van der Waals surface area contributed by atoms with Gasteiger partial charge in [0.05, 0.1) is 0 Å². The summed E-state index contributed by atoms with van der Waals surface area (Å²) in [5.74, 6) is -0.183. The Morgan fingerprint density at radius 1 is 1.15 bits per heavy atom. The van der Waals surface area contributed by atoms with Gasteiger partial charge in [-0.2, -0.15) is 0 Å². The highest BCUT2D eigenvalue weighted by atomic mass is 19.1. The fourth-order valence-electron chi connectivity index (χ4n) is 2.24. The molecule has 0 unspecified atom stereocenters. The van der Waals surface area contributed by atoms with Crippen molar-refractivity contribution in [3.8, 4) is 0 Å². The van der Waals surface area contributed by atoms with Crippen LogP contribution in [0, 0.1) is 12.7 Å². The molecule has 3 heteroatoms. The third kappa shape index (κ3) is 2.48. The average molecular weight is 266 g/mol. The van der Waals surface area contributed by atoms with Gasteiger partial charge in [0.2, 0.25) is 0 Å². The van der Waals surface area contributed by atoms with Crippen LogP contribution in [0.3, 0.4) is 0 Å². The van der Waals surface area contributed by atoms with Crippen LogP contribution < -0.4 is 5.32 Å². The summed E-state index contributed by atoms with van der Waals surface area (Å²) in [4.78, 5) is 4.12. The molecule has 100 valence electrons. The predicted octanol–water partition coefficient (Wildman–Crippen LogP) is 4.29. The molecule has 0 amide bonds. The van der Waals surface area contributed by atoms with Crippen molar-refractivity contribution in [3.05, 3.63) is 71.8 Å². The second kappa shape index (κ2) is 5.29. The zero-order chi connectivity index (χ0) is 13.9. The first kappa shape index (κ1) is 12.6. The van der Waals surface area contributed by atoms with E-state index in [9.17, 15) is 4.39 Å². The highest BCUT2D eigenvalue weighted by molar-refractivity contribution is 5.84. The van der Waals surface area contributed by atoms with Crippen LogP contribution in [-0.2, 0) is 6.54 Å². The van der Waals surface area contributed by atoms with Crippen molar-refractivity contribution in [2.24, 2.45) is 0 Å². The average Bonchev–Trinajstić information content (AvgIpc) is 2.48. The number of hydrogen-bond donors (Lipinski definition) is 1. The Kier molecular flexibility index (Phi) is 3.33. The quantitative estimate of drug-likeness (QED) is 0.764. The fraction of sp³-hybridized carbons (Fsp3) is 0.118. The van der Waals surface area contributed by atoms with E-state index in [0.29, 0.717) is 12.1 Å². The number of halogens is 1. The lowest BCUT2D eigenvalue weighted by atomic mass is 10.1. The maximum absolute atomic E-state index is 13.5. The lowest BCUT2D eigenvalue weighted by Gasteiger charge is -2.10. The Morgan fingerprint density at radius 2 is 2.05 bits per heavy atom. The standard InChI is InChI=1S/C17H15FN2/c1-12-5-6-15(9-17(12)18)20-11-14-4-2-3-13-10-19-8-7-16(13)14/h2-10,20H,11H2,1H3. The molecule has 20 heavy (non-hydrogen) atoms. The number of anilines is 1. The highest BCUT2D eigenvalue weighted by Gasteiger charge is 2.02. The second-order valence-corrected chi connectivity index (χ2v) is 4.83. The molecule has 0 radical (unpaired) electrons. The normalized spacial score (nSPS) is 10.7. The van der Waals surface area contributed by atoms with Gasteiger partial charge >= 0.3 is 0 Å². The molecule has 0 bridgehead atoms. The van der Waals surface area contributed by atoms with Gasteiger partial charge in [-0.25, -0.2) is 4.39 Å². The Bertz CT molecular complexity index is 748. The van der Waals surface area contributed by atoms with Crippen molar-refractivity contribution >= 4 is 16.5 Å². The number of aromatic nitrogens is 1. The van der Waals surface area contributed by atoms with E-state index >= 15 is 0 Å². The van der Waals surface area contributed by atoms with Crippen LogP contribution in [-0.4, -0.2) is 4.98 Å². The third-order valence-electron chi connectivity index (χ3n) is 3.43. The number of fused-ring (bicyclic) bond motifs is 1. The van der Waals surface area contributed by atoms with Gasteiger partial charge in [-0.15, -0.1) is 0 Å². The highest BCUT2D eigenvalue weighted by Crippen LogP contribution is 2.20. The predicted molar refractivity (Wildman–Crippen MR) is 80.2 cm³/mol. The maximum atomic E-state index is 13.5. The zero-order valence-electron chi connectivity index (χ0n) is 11.2. The Hall–Kier alpha value is -2.42. The molecule has 1 aromatic heterocycles. The lowest BCUT2D eigenvalue weighted by molar-refractivity contribution is 0.619. The van der Waals surface area contributed by atoms with Crippen LogP contribution in [0.4, 0.5) is 10.1 Å². The molecular weight excluding hydrogens is 251 g/mol. The summed E-state index contributed by atoms with van der Waals surface area (Å²) in [5.41, 5.74) is 2.62. The van der Waals surface area contributed by atoms with Crippen molar-refractivity contribution in [3.63, 3.8) is 0 Å². The first-order valence-electron chi connectivity index (χ1n) is 6.56. The second-order valence-electron chi connectivity index (χ2n) is 4.83. The minimum Gasteiger partial charge on any atom is -0.381 e. The van der Waals surface area contributed by atoms with Crippen LogP contribution in [0.1, 0.15) is 11.1 Å². The molecule has 0 aliphatic rings. The monoisotopic (exact) mass is 266 g/mol. The molecule has 0 fully saturated rings. The molecule has 1 N–H and O–H groups in total. The largest absolute Gasteiger partial charge is 0.381 e. The summed E-state index contributed by atoms with van der Waals surface area (Å²) < 4.78 is 13.5. The number of rotatable bonds is 3. The molecule has 0 atom stereocenters. The number of benzene rings is 2. The van der Waals surface area contributed by atoms with Gasteiger partial charge < -0.3 is 5.32 Å². The molecule has 1 heterocycles. The molecule has 3 rings (SSSR count). The van der Waals surface area contributed by atoms with E-state index in [2.05, 4.69) is 16.4 Å². The van der Waals surface area contributed by atoms with Crippen molar-refractivity contribution in [1.29, 1.82) is 0 Å². The molecule has 3 aromatic rings. The summed E-state index contributed by atoms with van der Waals surface area (Å²) in [7, 11) is 0. The molecular formula is C17H15FN2. The number of aryl methyl sites for hydroxylation is 1. The number of nitrogens with one attached hydrogen (secondary N) is 1. The molecule has 0 spiro atoms. The molecule has 0 saturated carbocycles. The van der Waals surface area contributed by atoms with Gasteiger partial charge in [0.15, 0.2) is 0 Å². The lowest BCUT2D eigenvalue weighted by Crippen LogP contribution is -2.00. The van der Waals surface area contributed by atoms with E-state index in [4.69, 9.17) is 0 Å². The van der Waals surface area contributed by atoms with E-state index in [1.165, 1.54) is 17.0 Å². The van der Waals surface area contributed by atoms with Gasteiger partial charge in [0.1, 0.15) is 5.82 Å². The van der Waals surface area contributed by atoms with E-state index in [1.54, 1.807) is 19.2 Å². The summed E-state index contributed by atoms with van der Waals surface area (Å²) in [6.07, 6.45) is 3.64. The van der Waals surface area contributed by atoms with Crippen LogP contribution in [0.25, 0.3) is 10.8 Å². The van der Waals surface area contributed by atoms with Crippen LogP contribution >= 0.6 is 0 Å². The van der Waals surface area contributed by atoms with E-state index in [-0.39, 0.29) is 5.82 Å². The van der Waals surface area contributed by atoms with Gasteiger partial charge in [0.25, 0.3) is 0 Å². The number of hydrogen-bond acceptors (Lipinski definition) is 2. The summed E-state index contributed by atoms with van der Waals surface area (Å²) in [5, 5.41) is 5.54. The summed E-state index contributed by atoms with van der Waals surface area (Å²) in [6.45, 7) is 2.42. The van der Waals surface area contributed by atoms with Crippen molar-refractivity contribution in [2.45, 2.75) is 13.5 Å². The van der Waals surface area contributed by atoms with E-state index < -0.39 is 0 Å². The van der Waals surface area contributed by atoms with Crippen LogP contribution in [0.15, 0.2) is 54.9 Å². The Morgan fingerprint density at radius 3 is 2.90 bits per heavy atom. The molecule has 0 aliphatic carbocycles. The van der Waals surface area contributed by atoms with Crippen LogP contribution in [0.2, 0.25) is 0 Å². The molecule has 0 aliphatic heterocycles. The van der Waals surface area contributed by atoms with Gasteiger partial charge in [-0.3, -0.25) is 4.98 Å². The Balaban J connectivity index is 1.85. The topological polar surface area (TPSA) is 24.9 Å². The smallest absolute Gasteiger partial charge is 0.128 e. The van der Waals surface area contributed by atoms with Crippen LogP contribution in [0.5, 0.6) is 0 Å². The van der Waals surface area contributed by atoms with Crippen molar-refractivity contribution in [1.82, 2.24) is 4.98 Å². The van der Waals surface area contributed by atoms with Gasteiger partial charge in [0, 0.05) is 30.0 Å². The van der Waals surface area contributed by atoms with Gasteiger partial charge in [-0.1, -0.05) is 24.3 Å². The Labute approximate surface area is 117 Å². The molecule has 0 saturated heterocycles. The number of nitrogens with zero attached hydrogens (tertiary/aromatic N) is 1.